The Kier molecular flexibility index (Phi) is 5.16. The van der Waals surface area contributed by atoms with E-state index in [0.29, 0.717) is 0 Å². The van der Waals surface area contributed by atoms with E-state index in [9.17, 15) is 19.2 Å². The molecule has 0 unspecified atom stereocenters. The molecule has 0 radical (unpaired) electrons. The summed E-state index contributed by atoms with van der Waals surface area (Å²) in [4.78, 5) is 39.9. The quantitative estimate of drug-likeness (QED) is 0.289. The highest BCUT2D eigenvalue weighted by molar-refractivity contribution is 5.83. The monoisotopic (exact) mass is 170 g/mol. The molecule has 64 valence electrons. The standard InChI is InChI=1S/C6H6N2O4/c9-1-5(2-10)7-8-6(3-11)4-12/h1-6H. The van der Waals surface area contributed by atoms with E-state index in [1.54, 1.807) is 0 Å². The van der Waals surface area contributed by atoms with Crippen molar-refractivity contribution in [1.82, 2.24) is 0 Å². The van der Waals surface area contributed by atoms with Crippen molar-refractivity contribution in [2.75, 3.05) is 0 Å². The molecule has 0 fully saturated rings. The van der Waals surface area contributed by atoms with Gasteiger partial charge in [0.25, 0.3) is 0 Å². The van der Waals surface area contributed by atoms with Crippen molar-refractivity contribution in [3.63, 3.8) is 0 Å². The van der Waals surface area contributed by atoms with Crippen LogP contribution in [0.4, 0.5) is 0 Å². The second-order valence-electron chi connectivity index (χ2n) is 1.76. The lowest BCUT2D eigenvalue weighted by Crippen LogP contribution is -2.11. The number of azo groups is 1. The van der Waals surface area contributed by atoms with E-state index in [1.807, 2.05) is 0 Å². The average Bonchev–Trinajstić information content (AvgIpc) is 2.13. The van der Waals surface area contributed by atoms with Crippen molar-refractivity contribution in [3.05, 3.63) is 0 Å². The summed E-state index contributed by atoms with van der Waals surface area (Å²) in [7, 11) is 0. The predicted octanol–water partition coefficient (Wildman–Crippen LogP) is -1.03. The molecule has 0 aromatic rings. The van der Waals surface area contributed by atoms with Gasteiger partial charge in [0.05, 0.1) is 0 Å². The van der Waals surface area contributed by atoms with Crippen molar-refractivity contribution in [2.45, 2.75) is 12.1 Å². The van der Waals surface area contributed by atoms with Gasteiger partial charge in [0, 0.05) is 0 Å². The summed E-state index contributed by atoms with van der Waals surface area (Å²) in [6.07, 6.45) is 1.01. The van der Waals surface area contributed by atoms with Crippen LogP contribution < -0.4 is 0 Å². The number of hydrogen-bond donors (Lipinski definition) is 0. The van der Waals surface area contributed by atoms with Crippen LogP contribution in [-0.2, 0) is 19.2 Å². The Morgan fingerprint density at radius 2 is 0.917 bits per heavy atom. The molecule has 0 aromatic heterocycles. The maximum Gasteiger partial charge on any atom is 0.181 e. The van der Waals surface area contributed by atoms with E-state index in [2.05, 4.69) is 10.2 Å². The van der Waals surface area contributed by atoms with Gasteiger partial charge in [-0.2, -0.15) is 10.2 Å². The van der Waals surface area contributed by atoms with Crippen LogP contribution >= 0.6 is 0 Å². The Morgan fingerprint density at radius 3 is 1.08 bits per heavy atom. The molecule has 0 rings (SSSR count). The lowest BCUT2D eigenvalue weighted by atomic mass is 10.4. The molecule has 0 saturated carbocycles. The molecule has 0 aromatic carbocycles. The molecule has 0 spiro atoms. The first-order valence-corrected chi connectivity index (χ1v) is 2.99. The maximum atomic E-state index is 9.96. The van der Waals surface area contributed by atoms with Crippen molar-refractivity contribution >= 4 is 25.1 Å². The minimum Gasteiger partial charge on any atom is -0.300 e. The molecule has 0 N–H and O–H groups in total. The first kappa shape index (κ1) is 10.3. The van der Waals surface area contributed by atoms with Crippen molar-refractivity contribution in [1.29, 1.82) is 0 Å². The summed E-state index contributed by atoms with van der Waals surface area (Å²) < 4.78 is 0. The summed E-state index contributed by atoms with van der Waals surface area (Å²) in [5, 5.41) is 6.26. The van der Waals surface area contributed by atoms with Gasteiger partial charge in [0.1, 0.15) is 0 Å². The van der Waals surface area contributed by atoms with Gasteiger partial charge in [-0.15, -0.1) is 0 Å². The molecule has 0 aliphatic carbocycles. The first-order valence-electron chi connectivity index (χ1n) is 2.99. The van der Waals surface area contributed by atoms with Crippen LogP contribution in [0, 0.1) is 0 Å². The van der Waals surface area contributed by atoms with Gasteiger partial charge in [-0.3, -0.25) is 0 Å². The van der Waals surface area contributed by atoms with E-state index >= 15 is 0 Å². The fourth-order valence-corrected chi connectivity index (χ4v) is 0.327. The minimum atomic E-state index is -1.23. The van der Waals surface area contributed by atoms with Crippen LogP contribution in [0.1, 0.15) is 0 Å². The summed E-state index contributed by atoms with van der Waals surface area (Å²) in [5.74, 6) is 0. The molecule has 12 heavy (non-hydrogen) atoms. The lowest BCUT2D eigenvalue weighted by molar-refractivity contribution is -0.118. The minimum absolute atomic E-state index is 0.253. The largest absolute Gasteiger partial charge is 0.300 e. The van der Waals surface area contributed by atoms with E-state index in [1.165, 1.54) is 0 Å². The average molecular weight is 170 g/mol. The zero-order valence-electron chi connectivity index (χ0n) is 5.99. The molecular formula is C6H6N2O4. The Balaban J connectivity index is 4.17. The van der Waals surface area contributed by atoms with E-state index < -0.39 is 12.1 Å². The highest BCUT2D eigenvalue weighted by atomic mass is 16.1. The fourth-order valence-electron chi connectivity index (χ4n) is 0.327. The number of hydrogen-bond acceptors (Lipinski definition) is 6. The summed E-state index contributed by atoms with van der Waals surface area (Å²) in [6, 6.07) is -2.46. The Bertz CT molecular complexity index is 176. The molecule has 0 aliphatic rings. The first-order chi connectivity index (χ1) is 5.78. The molecule has 0 heterocycles. The molecule has 0 atom stereocenters. The van der Waals surface area contributed by atoms with Gasteiger partial charge in [0.15, 0.2) is 37.2 Å². The van der Waals surface area contributed by atoms with Crippen LogP contribution in [0.5, 0.6) is 0 Å². The Hall–Kier alpha value is -1.72. The Morgan fingerprint density at radius 1 is 0.667 bits per heavy atom. The zero-order chi connectivity index (χ0) is 9.40. The van der Waals surface area contributed by atoms with E-state index in [-0.39, 0.29) is 25.1 Å². The number of aldehydes is 4. The summed E-state index contributed by atoms with van der Waals surface area (Å²) in [5.41, 5.74) is 0. The molecule has 6 heteroatoms. The summed E-state index contributed by atoms with van der Waals surface area (Å²) >= 11 is 0. The fraction of sp³-hybridized carbons (Fsp3) is 0.333. The van der Waals surface area contributed by atoms with Gasteiger partial charge in [-0.05, 0) is 0 Å². The zero-order valence-corrected chi connectivity index (χ0v) is 5.99. The second kappa shape index (κ2) is 6.02. The number of carbonyl (C=O) groups excluding carboxylic acids is 4. The molecule has 6 nitrogen and oxygen atoms in total. The van der Waals surface area contributed by atoms with Gasteiger partial charge in [-0.1, -0.05) is 0 Å². The number of carbonyl (C=O) groups is 4. The van der Waals surface area contributed by atoms with E-state index in [4.69, 9.17) is 0 Å². The topological polar surface area (TPSA) is 93.0 Å². The van der Waals surface area contributed by atoms with Crippen LogP contribution in [0.25, 0.3) is 0 Å². The van der Waals surface area contributed by atoms with Gasteiger partial charge in [0.2, 0.25) is 0 Å². The molecule has 0 amide bonds. The number of rotatable bonds is 6. The van der Waals surface area contributed by atoms with Gasteiger partial charge >= 0.3 is 0 Å². The van der Waals surface area contributed by atoms with Crippen molar-refractivity contribution < 1.29 is 19.2 Å². The van der Waals surface area contributed by atoms with Crippen molar-refractivity contribution in [3.8, 4) is 0 Å². The van der Waals surface area contributed by atoms with Crippen LogP contribution in [0.3, 0.4) is 0 Å². The highest BCUT2D eigenvalue weighted by Crippen LogP contribution is 1.88. The molecule has 0 bridgehead atoms. The Labute approximate surface area is 67.7 Å². The molecular weight excluding hydrogens is 164 g/mol. The summed E-state index contributed by atoms with van der Waals surface area (Å²) in [6.45, 7) is 0. The normalized spacial score (nSPS) is 10.5. The molecule has 0 aliphatic heterocycles. The predicted molar refractivity (Wildman–Crippen MR) is 36.7 cm³/mol. The molecule has 0 saturated heterocycles. The van der Waals surface area contributed by atoms with Crippen LogP contribution in [0.15, 0.2) is 10.2 Å². The van der Waals surface area contributed by atoms with E-state index in [0.717, 1.165) is 0 Å². The van der Waals surface area contributed by atoms with Crippen LogP contribution in [-0.4, -0.2) is 37.2 Å². The second-order valence-corrected chi connectivity index (χ2v) is 1.76. The maximum absolute atomic E-state index is 9.96. The smallest absolute Gasteiger partial charge is 0.181 e. The lowest BCUT2D eigenvalue weighted by Gasteiger charge is -1.92. The third-order valence-electron chi connectivity index (χ3n) is 0.891. The number of nitrogens with zero attached hydrogens (tertiary/aromatic N) is 2. The third-order valence-corrected chi connectivity index (χ3v) is 0.891. The van der Waals surface area contributed by atoms with Gasteiger partial charge < -0.3 is 19.2 Å². The SMILES string of the molecule is O=CC(C=O)N=NC(C=O)C=O. The van der Waals surface area contributed by atoms with Gasteiger partial charge in [-0.25, -0.2) is 0 Å². The van der Waals surface area contributed by atoms with Crippen molar-refractivity contribution in [2.24, 2.45) is 10.2 Å². The third kappa shape index (κ3) is 3.45. The van der Waals surface area contributed by atoms with Crippen LogP contribution in [0.2, 0.25) is 0 Å². The highest BCUT2D eigenvalue weighted by Gasteiger charge is 2.05.